The largest absolute Gasteiger partial charge is 0.392 e. The lowest BCUT2D eigenvalue weighted by atomic mass is 9.96. The normalized spacial score (nSPS) is 11.4. The van der Waals surface area contributed by atoms with Crippen molar-refractivity contribution in [2.75, 3.05) is 0 Å². The summed E-state index contributed by atoms with van der Waals surface area (Å²) in [5, 5.41) is 9.99. The van der Waals surface area contributed by atoms with Crippen LogP contribution in [0.5, 0.6) is 0 Å². The van der Waals surface area contributed by atoms with Gasteiger partial charge < -0.3 is 5.11 Å². The van der Waals surface area contributed by atoms with Gasteiger partial charge in [-0.25, -0.2) is 0 Å². The lowest BCUT2D eigenvalue weighted by molar-refractivity contribution is 0.279. The highest BCUT2D eigenvalue weighted by Gasteiger charge is 2.20. The molecule has 24 heavy (non-hydrogen) atoms. The van der Waals surface area contributed by atoms with E-state index in [1.54, 1.807) is 0 Å². The van der Waals surface area contributed by atoms with E-state index >= 15 is 0 Å². The fourth-order valence-corrected chi connectivity index (χ4v) is 4.70. The molecule has 0 aliphatic heterocycles. The smallest absolute Gasteiger partial charge is 0.0695 e. The van der Waals surface area contributed by atoms with E-state index in [1.807, 2.05) is 11.3 Å². The molecule has 0 unspecified atom stereocenters. The fraction of sp³-hybridized carbons (Fsp3) is 0.545. The topological polar surface area (TPSA) is 20.2 Å². The molecule has 0 radical (unpaired) electrons. The molecule has 0 amide bonds. The van der Waals surface area contributed by atoms with E-state index in [4.69, 9.17) is 0 Å². The number of rotatable bonds is 10. The first-order valence-electron chi connectivity index (χ1n) is 9.49. The van der Waals surface area contributed by atoms with Crippen LogP contribution >= 0.6 is 11.3 Å². The predicted octanol–water partition coefficient (Wildman–Crippen LogP) is 6.93. The number of unbranched alkanes of at least 4 members (excludes halogenated alkanes) is 5. The molecule has 132 valence electrons. The van der Waals surface area contributed by atoms with Gasteiger partial charge in [0.05, 0.1) is 6.61 Å². The average molecular weight is 345 g/mol. The fourth-order valence-electron chi connectivity index (χ4n) is 3.33. The summed E-state index contributed by atoms with van der Waals surface area (Å²) in [5.74, 6) is 0.470. The minimum absolute atomic E-state index is 0.169. The lowest BCUT2D eigenvalue weighted by Gasteiger charge is -2.09. The first-order chi connectivity index (χ1) is 11.7. The summed E-state index contributed by atoms with van der Waals surface area (Å²) in [6, 6.07) is 10.7. The molecule has 1 aromatic heterocycles. The van der Waals surface area contributed by atoms with Crippen molar-refractivity contribution in [3.8, 4) is 10.4 Å². The van der Waals surface area contributed by atoms with Gasteiger partial charge in [0.1, 0.15) is 0 Å². The molecule has 0 atom stereocenters. The van der Waals surface area contributed by atoms with Gasteiger partial charge in [-0.15, -0.1) is 11.3 Å². The molecule has 1 heterocycles. The Morgan fingerprint density at radius 1 is 0.917 bits per heavy atom. The van der Waals surface area contributed by atoms with E-state index in [-0.39, 0.29) is 6.61 Å². The lowest BCUT2D eigenvalue weighted by Crippen LogP contribution is -1.97. The van der Waals surface area contributed by atoms with Crippen LogP contribution in [0.3, 0.4) is 0 Å². The van der Waals surface area contributed by atoms with Crippen molar-refractivity contribution in [1.82, 2.24) is 0 Å². The van der Waals surface area contributed by atoms with Gasteiger partial charge in [0.25, 0.3) is 0 Å². The van der Waals surface area contributed by atoms with Crippen LogP contribution in [0.4, 0.5) is 0 Å². The molecule has 2 aromatic rings. The highest BCUT2D eigenvalue weighted by atomic mass is 32.1. The maximum atomic E-state index is 9.99. The van der Waals surface area contributed by atoms with Gasteiger partial charge >= 0.3 is 0 Å². The second-order valence-corrected chi connectivity index (χ2v) is 8.00. The predicted molar refractivity (Wildman–Crippen MR) is 107 cm³/mol. The second kappa shape index (κ2) is 10.0. The van der Waals surface area contributed by atoms with Crippen LogP contribution < -0.4 is 0 Å². The van der Waals surface area contributed by atoms with Crippen LogP contribution in [0, 0.1) is 0 Å². The minimum Gasteiger partial charge on any atom is -0.392 e. The molecule has 0 aliphatic carbocycles. The molecule has 0 aliphatic rings. The van der Waals surface area contributed by atoms with Gasteiger partial charge in [-0.1, -0.05) is 83.2 Å². The minimum atomic E-state index is 0.169. The Labute approximate surface area is 151 Å². The van der Waals surface area contributed by atoms with Gasteiger partial charge in [0, 0.05) is 9.75 Å². The molecule has 0 bridgehead atoms. The Hall–Kier alpha value is -1.12. The highest BCUT2D eigenvalue weighted by molar-refractivity contribution is 7.16. The van der Waals surface area contributed by atoms with Crippen molar-refractivity contribution in [3.63, 3.8) is 0 Å². The van der Waals surface area contributed by atoms with Gasteiger partial charge in [-0.3, -0.25) is 0 Å². The maximum Gasteiger partial charge on any atom is 0.0695 e. The molecule has 0 saturated heterocycles. The van der Waals surface area contributed by atoms with Gasteiger partial charge in [0.15, 0.2) is 0 Å². The summed E-state index contributed by atoms with van der Waals surface area (Å²) in [6.45, 7) is 6.89. The summed E-state index contributed by atoms with van der Waals surface area (Å²) in [4.78, 5) is 2.73. The van der Waals surface area contributed by atoms with Crippen molar-refractivity contribution >= 4 is 11.3 Å². The van der Waals surface area contributed by atoms with Crippen LogP contribution in [0.1, 0.15) is 81.2 Å². The summed E-state index contributed by atoms with van der Waals surface area (Å²) >= 11 is 1.88. The van der Waals surface area contributed by atoms with E-state index in [0.717, 1.165) is 6.42 Å². The zero-order valence-corrected chi connectivity index (χ0v) is 16.3. The standard InChI is InChI=1S/C22H32OS/c1-4-5-6-7-8-12-15-19-20(16-23)21(17(2)3)24-22(19)18-13-10-9-11-14-18/h9-11,13-14,17,23H,4-8,12,15-16H2,1-3H3. The zero-order chi connectivity index (χ0) is 17.4. The summed E-state index contributed by atoms with van der Waals surface area (Å²) in [7, 11) is 0. The Balaban J connectivity index is 2.20. The van der Waals surface area contributed by atoms with Crippen LogP contribution in [0.2, 0.25) is 0 Å². The van der Waals surface area contributed by atoms with Crippen molar-refractivity contribution in [3.05, 3.63) is 46.3 Å². The van der Waals surface area contributed by atoms with E-state index in [2.05, 4.69) is 51.1 Å². The van der Waals surface area contributed by atoms with Crippen LogP contribution in [0.15, 0.2) is 30.3 Å². The van der Waals surface area contributed by atoms with Gasteiger partial charge in [-0.05, 0) is 35.4 Å². The van der Waals surface area contributed by atoms with Gasteiger partial charge in [0.2, 0.25) is 0 Å². The number of benzene rings is 1. The van der Waals surface area contributed by atoms with Crippen molar-refractivity contribution in [2.24, 2.45) is 0 Å². The molecule has 0 spiro atoms. The van der Waals surface area contributed by atoms with Crippen LogP contribution in [0.25, 0.3) is 10.4 Å². The van der Waals surface area contributed by atoms with Crippen LogP contribution in [-0.4, -0.2) is 5.11 Å². The number of thiophene rings is 1. The van der Waals surface area contributed by atoms with E-state index in [0.29, 0.717) is 5.92 Å². The first-order valence-corrected chi connectivity index (χ1v) is 10.3. The van der Waals surface area contributed by atoms with E-state index in [1.165, 1.54) is 65.0 Å². The average Bonchev–Trinajstić information content (AvgIpc) is 2.97. The summed E-state index contributed by atoms with van der Waals surface area (Å²) < 4.78 is 0. The first kappa shape index (κ1) is 19.2. The molecular formula is C22H32OS. The third-order valence-electron chi connectivity index (χ3n) is 4.65. The van der Waals surface area contributed by atoms with E-state index < -0.39 is 0 Å². The molecule has 2 rings (SSSR count). The number of aliphatic hydroxyl groups is 1. The third kappa shape index (κ3) is 4.94. The monoisotopic (exact) mass is 344 g/mol. The Bertz CT molecular complexity index is 598. The molecule has 2 heteroatoms. The second-order valence-electron chi connectivity index (χ2n) is 6.95. The van der Waals surface area contributed by atoms with Crippen molar-refractivity contribution in [2.45, 2.75) is 78.2 Å². The third-order valence-corrected chi connectivity index (χ3v) is 6.27. The quantitative estimate of drug-likeness (QED) is 0.463. The van der Waals surface area contributed by atoms with Crippen molar-refractivity contribution in [1.29, 1.82) is 0 Å². The number of hydrogen-bond acceptors (Lipinski definition) is 2. The summed E-state index contributed by atoms with van der Waals surface area (Å²) in [5.41, 5.74) is 3.89. The van der Waals surface area contributed by atoms with E-state index in [9.17, 15) is 5.11 Å². The molecule has 0 fully saturated rings. The molecular weight excluding hydrogens is 312 g/mol. The molecule has 1 aromatic carbocycles. The Kier molecular flexibility index (Phi) is 8.01. The van der Waals surface area contributed by atoms with Gasteiger partial charge in [-0.2, -0.15) is 0 Å². The molecule has 1 N–H and O–H groups in total. The highest BCUT2D eigenvalue weighted by Crippen LogP contribution is 2.41. The van der Waals surface area contributed by atoms with Crippen LogP contribution in [-0.2, 0) is 13.0 Å². The SMILES string of the molecule is CCCCCCCCc1c(-c2ccccc2)sc(C(C)C)c1CO. The summed E-state index contributed by atoms with van der Waals surface area (Å²) in [6.07, 6.45) is 8.97. The number of aliphatic hydroxyl groups excluding tert-OH is 1. The Morgan fingerprint density at radius 2 is 1.58 bits per heavy atom. The molecule has 0 saturated carbocycles. The zero-order valence-electron chi connectivity index (χ0n) is 15.5. The Morgan fingerprint density at radius 3 is 2.21 bits per heavy atom. The van der Waals surface area contributed by atoms with Crippen molar-refractivity contribution < 1.29 is 5.11 Å². The maximum absolute atomic E-state index is 9.99. The number of hydrogen-bond donors (Lipinski definition) is 1. The molecule has 1 nitrogen and oxygen atoms in total.